The molecule has 1 aromatic heterocycles. The van der Waals surface area contributed by atoms with Crippen LogP contribution in [0.5, 0.6) is 0 Å². The van der Waals surface area contributed by atoms with Crippen LogP contribution in [0.15, 0.2) is 64.8 Å². The quantitative estimate of drug-likeness (QED) is 0.489. The molecule has 0 radical (unpaired) electrons. The van der Waals surface area contributed by atoms with Crippen LogP contribution in [0.25, 0.3) is 17.0 Å². The van der Waals surface area contributed by atoms with Crippen molar-refractivity contribution < 1.29 is 14.4 Å². The predicted octanol–water partition coefficient (Wildman–Crippen LogP) is 3.59. The van der Waals surface area contributed by atoms with Gasteiger partial charge in [-0.05, 0) is 36.4 Å². The molecule has 2 aromatic carbocycles. The third-order valence-corrected chi connectivity index (χ3v) is 5.08. The van der Waals surface area contributed by atoms with E-state index in [-0.39, 0.29) is 12.1 Å². The van der Waals surface area contributed by atoms with Crippen molar-refractivity contribution in [3.63, 3.8) is 0 Å². The first-order valence-corrected chi connectivity index (χ1v) is 9.41. The SMILES string of the molecule is N#CCn1cc(/C=C2\C(=O)NC(=O)N(c3ccc(Br)cc3)C2=O)c2ccccc21. The number of hydrogen-bond acceptors (Lipinski definition) is 4. The monoisotopic (exact) mass is 448 g/mol. The summed E-state index contributed by atoms with van der Waals surface area (Å²) in [5, 5.41) is 12.1. The van der Waals surface area contributed by atoms with Gasteiger partial charge in [0, 0.05) is 27.1 Å². The maximum atomic E-state index is 13.0. The Labute approximate surface area is 174 Å². The third kappa shape index (κ3) is 3.32. The molecule has 1 aliphatic rings. The lowest BCUT2D eigenvalue weighted by Crippen LogP contribution is -2.54. The molecular weight excluding hydrogens is 436 g/mol. The number of carbonyl (C=O) groups excluding carboxylic acids is 3. The van der Waals surface area contributed by atoms with E-state index < -0.39 is 17.8 Å². The number of aromatic nitrogens is 1. The van der Waals surface area contributed by atoms with E-state index in [4.69, 9.17) is 5.26 Å². The number of nitrogens with zero attached hydrogens (tertiary/aromatic N) is 3. The summed E-state index contributed by atoms with van der Waals surface area (Å²) in [5.74, 6) is -1.47. The summed E-state index contributed by atoms with van der Waals surface area (Å²) in [6.45, 7) is 0.132. The third-order valence-electron chi connectivity index (χ3n) is 4.55. The molecule has 0 unspecified atom stereocenters. The first kappa shape index (κ1) is 18.7. The number of urea groups is 1. The van der Waals surface area contributed by atoms with E-state index in [0.29, 0.717) is 11.3 Å². The minimum atomic E-state index is -0.800. The lowest BCUT2D eigenvalue weighted by Gasteiger charge is -2.26. The minimum Gasteiger partial charge on any atom is -0.333 e. The number of carbonyl (C=O) groups is 3. The Morgan fingerprint density at radius 1 is 1.07 bits per heavy atom. The largest absolute Gasteiger partial charge is 0.335 e. The van der Waals surface area contributed by atoms with Crippen molar-refractivity contribution in [2.24, 2.45) is 0 Å². The van der Waals surface area contributed by atoms with Gasteiger partial charge < -0.3 is 4.57 Å². The summed E-state index contributed by atoms with van der Waals surface area (Å²) >= 11 is 3.31. The van der Waals surface area contributed by atoms with Crippen LogP contribution in [-0.2, 0) is 16.1 Å². The van der Waals surface area contributed by atoms with E-state index in [9.17, 15) is 14.4 Å². The molecule has 4 amide bonds. The summed E-state index contributed by atoms with van der Waals surface area (Å²) in [7, 11) is 0. The van der Waals surface area contributed by atoms with Gasteiger partial charge in [-0.1, -0.05) is 34.1 Å². The number of rotatable bonds is 3. The topological polar surface area (TPSA) is 95.2 Å². The van der Waals surface area contributed by atoms with Crippen molar-refractivity contribution in [3.05, 3.63) is 70.3 Å². The standard InChI is InChI=1S/C21H13BrN4O3/c22-14-5-7-15(8-6-14)26-20(28)17(19(27)24-21(26)29)11-13-12-25(10-9-23)18-4-2-1-3-16(13)18/h1-8,11-12H,10H2,(H,24,27,29)/b17-11+. The van der Waals surface area contributed by atoms with Crippen molar-refractivity contribution in [3.8, 4) is 6.07 Å². The van der Waals surface area contributed by atoms with E-state index in [0.717, 1.165) is 20.3 Å². The van der Waals surface area contributed by atoms with E-state index in [2.05, 4.69) is 27.3 Å². The number of halogens is 1. The number of fused-ring (bicyclic) bond motifs is 1. The van der Waals surface area contributed by atoms with Gasteiger partial charge in [0.25, 0.3) is 11.8 Å². The fourth-order valence-electron chi connectivity index (χ4n) is 3.23. The molecular formula is C21H13BrN4O3. The molecule has 7 nitrogen and oxygen atoms in total. The summed E-state index contributed by atoms with van der Waals surface area (Å²) in [6, 6.07) is 15.3. The predicted molar refractivity (Wildman–Crippen MR) is 111 cm³/mol. The van der Waals surface area contributed by atoms with E-state index in [1.165, 1.54) is 6.08 Å². The molecule has 29 heavy (non-hydrogen) atoms. The van der Waals surface area contributed by atoms with Gasteiger partial charge in [0.1, 0.15) is 12.1 Å². The average Bonchev–Trinajstić information content (AvgIpc) is 3.04. The second-order valence-electron chi connectivity index (χ2n) is 6.32. The van der Waals surface area contributed by atoms with Gasteiger partial charge in [-0.2, -0.15) is 5.26 Å². The number of anilines is 1. The van der Waals surface area contributed by atoms with Crippen LogP contribution < -0.4 is 10.2 Å². The molecule has 1 N–H and O–H groups in total. The molecule has 2 heterocycles. The zero-order valence-electron chi connectivity index (χ0n) is 14.9. The van der Waals surface area contributed by atoms with Crippen molar-refractivity contribution in [2.45, 2.75) is 6.54 Å². The van der Waals surface area contributed by atoms with Crippen LogP contribution in [0.2, 0.25) is 0 Å². The highest BCUT2D eigenvalue weighted by molar-refractivity contribution is 9.10. The number of nitrogens with one attached hydrogen (secondary N) is 1. The van der Waals surface area contributed by atoms with E-state index in [1.54, 1.807) is 35.0 Å². The van der Waals surface area contributed by atoms with Gasteiger partial charge >= 0.3 is 6.03 Å². The molecule has 0 atom stereocenters. The smallest absolute Gasteiger partial charge is 0.333 e. The normalized spacial score (nSPS) is 15.7. The highest BCUT2D eigenvalue weighted by Gasteiger charge is 2.36. The maximum absolute atomic E-state index is 13.0. The first-order valence-electron chi connectivity index (χ1n) is 8.61. The Morgan fingerprint density at radius 2 is 1.79 bits per heavy atom. The molecule has 3 aromatic rings. The molecule has 0 spiro atoms. The second-order valence-corrected chi connectivity index (χ2v) is 7.24. The van der Waals surface area contributed by atoms with Gasteiger partial charge in [-0.3, -0.25) is 14.9 Å². The molecule has 0 bridgehead atoms. The molecule has 142 valence electrons. The zero-order chi connectivity index (χ0) is 20.5. The van der Waals surface area contributed by atoms with Crippen molar-refractivity contribution >= 4 is 56.4 Å². The number of para-hydroxylation sites is 1. The molecule has 1 fully saturated rings. The molecule has 0 saturated carbocycles. The lowest BCUT2D eigenvalue weighted by molar-refractivity contribution is -0.122. The summed E-state index contributed by atoms with van der Waals surface area (Å²) in [4.78, 5) is 38.6. The Kier molecular flexibility index (Phi) is 4.74. The number of amides is 4. The summed E-state index contributed by atoms with van der Waals surface area (Å²) < 4.78 is 2.54. The van der Waals surface area contributed by atoms with Crippen LogP contribution in [0.3, 0.4) is 0 Å². The first-order chi connectivity index (χ1) is 14.0. The number of imide groups is 2. The van der Waals surface area contributed by atoms with E-state index >= 15 is 0 Å². The van der Waals surface area contributed by atoms with Crippen LogP contribution in [-0.4, -0.2) is 22.4 Å². The fourth-order valence-corrected chi connectivity index (χ4v) is 3.50. The van der Waals surface area contributed by atoms with E-state index in [1.807, 2.05) is 24.3 Å². The molecule has 1 aliphatic heterocycles. The minimum absolute atomic E-state index is 0.132. The Balaban J connectivity index is 1.81. The van der Waals surface area contributed by atoms with Crippen molar-refractivity contribution in [2.75, 3.05) is 4.90 Å². The molecule has 1 saturated heterocycles. The zero-order valence-corrected chi connectivity index (χ0v) is 16.5. The highest BCUT2D eigenvalue weighted by Crippen LogP contribution is 2.27. The average molecular weight is 449 g/mol. The highest BCUT2D eigenvalue weighted by atomic mass is 79.9. The molecule has 8 heteroatoms. The maximum Gasteiger partial charge on any atom is 0.335 e. The second kappa shape index (κ2) is 7.37. The lowest BCUT2D eigenvalue weighted by atomic mass is 10.1. The van der Waals surface area contributed by atoms with Crippen molar-refractivity contribution in [1.82, 2.24) is 9.88 Å². The number of nitriles is 1. The fraction of sp³-hybridized carbons (Fsp3) is 0.0476. The van der Waals surface area contributed by atoms with Gasteiger partial charge in [0.05, 0.1) is 11.8 Å². The number of hydrogen-bond donors (Lipinski definition) is 1. The Morgan fingerprint density at radius 3 is 2.52 bits per heavy atom. The van der Waals surface area contributed by atoms with Crippen molar-refractivity contribution in [1.29, 1.82) is 5.26 Å². The van der Waals surface area contributed by atoms with Crippen LogP contribution >= 0.6 is 15.9 Å². The summed E-state index contributed by atoms with van der Waals surface area (Å²) in [6.07, 6.45) is 3.16. The Bertz CT molecular complexity index is 1240. The Hall–Kier alpha value is -3.70. The molecule has 0 aliphatic carbocycles. The summed E-state index contributed by atoms with van der Waals surface area (Å²) in [5.41, 5.74) is 1.61. The number of barbiturate groups is 1. The van der Waals surface area contributed by atoms with Gasteiger partial charge in [-0.25, -0.2) is 9.69 Å². The molecule has 4 rings (SSSR count). The van der Waals surface area contributed by atoms with Gasteiger partial charge in [-0.15, -0.1) is 0 Å². The van der Waals surface area contributed by atoms with Gasteiger partial charge in [0.2, 0.25) is 0 Å². The van der Waals surface area contributed by atoms with Gasteiger partial charge in [0.15, 0.2) is 0 Å². The van der Waals surface area contributed by atoms with Crippen LogP contribution in [0.1, 0.15) is 5.56 Å². The van der Waals surface area contributed by atoms with Crippen LogP contribution in [0, 0.1) is 11.3 Å². The van der Waals surface area contributed by atoms with Crippen LogP contribution in [0.4, 0.5) is 10.5 Å². The number of benzene rings is 2.